The third-order valence-corrected chi connectivity index (χ3v) is 5.04. The average Bonchev–Trinajstić information content (AvgIpc) is 2.27. The summed E-state index contributed by atoms with van der Waals surface area (Å²) in [6.45, 7) is 5.72. The number of hydrogen-bond acceptors (Lipinski definition) is 3. The van der Waals surface area contributed by atoms with E-state index in [-0.39, 0.29) is 22.8 Å². The molecule has 3 N–H and O–H groups in total. The van der Waals surface area contributed by atoms with E-state index in [1.54, 1.807) is 0 Å². The Morgan fingerprint density at radius 1 is 1.28 bits per heavy atom. The molecule has 0 bridgehead atoms. The van der Waals surface area contributed by atoms with Crippen LogP contribution in [0.3, 0.4) is 0 Å². The molecule has 2 aliphatic rings. The lowest BCUT2D eigenvalue weighted by Crippen LogP contribution is -2.53. The predicted molar refractivity (Wildman–Crippen MR) is 66.7 cm³/mol. The molecular weight excluding hydrogens is 232 g/mol. The molecular formula is C14H22O4. The summed E-state index contributed by atoms with van der Waals surface area (Å²) in [5.74, 6) is -2.99. The van der Waals surface area contributed by atoms with Crippen molar-refractivity contribution in [2.45, 2.75) is 51.2 Å². The maximum atomic E-state index is 11.0. The maximum Gasteiger partial charge on any atom is 0.331 e. The van der Waals surface area contributed by atoms with Gasteiger partial charge in [-0.05, 0) is 43.4 Å². The fourth-order valence-corrected chi connectivity index (χ4v) is 3.83. The van der Waals surface area contributed by atoms with Crippen LogP contribution in [0.5, 0.6) is 0 Å². The van der Waals surface area contributed by atoms with Gasteiger partial charge in [0.15, 0.2) is 5.79 Å². The minimum Gasteiger partial charge on any atom is -0.478 e. The van der Waals surface area contributed by atoms with E-state index < -0.39 is 11.8 Å². The fourth-order valence-electron chi connectivity index (χ4n) is 3.83. The maximum absolute atomic E-state index is 11.0. The van der Waals surface area contributed by atoms with Gasteiger partial charge >= 0.3 is 5.97 Å². The van der Waals surface area contributed by atoms with E-state index in [1.807, 2.05) is 0 Å². The zero-order valence-electron chi connectivity index (χ0n) is 10.9. The number of hydrogen-bond donors (Lipinski definition) is 3. The van der Waals surface area contributed by atoms with Crippen LogP contribution in [0, 0.1) is 17.3 Å². The Kier molecular flexibility index (Phi) is 3.28. The normalized spacial score (nSPS) is 38.8. The highest BCUT2D eigenvalue weighted by atomic mass is 16.5. The van der Waals surface area contributed by atoms with Crippen molar-refractivity contribution in [3.8, 4) is 0 Å². The van der Waals surface area contributed by atoms with E-state index in [9.17, 15) is 15.0 Å². The van der Waals surface area contributed by atoms with E-state index in [0.717, 1.165) is 25.7 Å². The highest BCUT2D eigenvalue weighted by molar-refractivity contribution is 5.86. The van der Waals surface area contributed by atoms with Crippen molar-refractivity contribution in [1.29, 1.82) is 0 Å². The summed E-state index contributed by atoms with van der Waals surface area (Å²) in [4.78, 5) is 11.0. The van der Waals surface area contributed by atoms with Crippen LogP contribution in [0.4, 0.5) is 0 Å². The molecule has 0 aromatic rings. The number of aliphatic hydroxyl groups is 2. The standard InChI is InChI=1S/C14H22O4/c1-9(12(15)16)10-4-7-13(2)5-3-6-14(17,18)11(13)8-10/h10-11,17-18H,1,3-8H2,2H3,(H,15,16)/t10-,11?,13-/m1/s1. The quantitative estimate of drug-likeness (QED) is 0.519. The van der Waals surface area contributed by atoms with Gasteiger partial charge in [-0.1, -0.05) is 13.5 Å². The van der Waals surface area contributed by atoms with Crippen LogP contribution < -0.4 is 0 Å². The summed E-state index contributed by atoms with van der Waals surface area (Å²) in [7, 11) is 0. The monoisotopic (exact) mass is 254 g/mol. The molecule has 0 aromatic carbocycles. The highest BCUT2D eigenvalue weighted by Crippen LogP contribution is 2.55. The van der Waals surface area contributed by atoms with Gasteiger partial charge in [0.2, 0.25) is 0 Å². The molecule has 1 unspecified atom stereocenters. The molecule has 2 saturated carbocycles. The van der Waals surface area contributed by atoms with Crippen LogP contribution in [0.2, 0.25) is 0 Å². The van der Waals surface area contributed by atoms with Gasteiger partial charge in [-0.2, -0.15) is 0 Å². The minimum absolute atomic E-state index is 0.0724. The van der Waals surface area contributed by atoms with Gasteiger partial charge in [0.25, 0.3) is 0 Å². The number of fused-ring (bicyclic) bond motifs is 1. The number of rotatable bonds is 2. The first-order chi connectivity index (χ1) is 8.26. The predicted octanol–water partition coefficient (Wildman–Crippen LogP) is 1.91. The van der Waals surface area contributed by atoms with E-state index >= 15 is 0 Å². The van der Waals surface area contributed by atoms with Crippen LogP contribution in [0.25, 0.3) is 0 Å². The molecule has 0 radical (unpaired) electrons. The molecule has 0 spiro atoms. The second kappa shape index (κ2) is 4.35. The first-order valence-corrected chi connectivity index (χ1v) is 6.63. The summed E-state index contributed by atoms with van der Waals surface area (Å²) in [6.07, 6.45) is 4.36. The summed E-state index contributed by atoms with van der Waals surface area (Å²) >= 11 is 0. The Morgan fingerprint density at radius 2 is 1.94 bits per heavy atom. The topological polar surface area (TPSA) is 77.8 Å². The van der Waals surface area contributed by atoms with Crippen molar-refractivity contribution in [3.63, 3.8) is 0 Å². The number of carboxylic acids is 1. The molecule has 0 heterocycles. The van der Waals surface area contributed by atoms with Crippen molar-refractivity contribution in [1.82, 2.24) is 0 Å². The number of carbonyl (C=O) groups is 1. The van der Waals surface area contributed by atoms with Crippen molar-refractivity contribution in [3.05, 3.63) is 12.2 Å². The molecule has 0 aromatic heterocycles. The van der Waals surface area contributed by atoms with Gasteiger partial charge in [-0.25, -0.2) is 4.79 Å². The SMILES string of the molecule is C=C(C(=O)O)[C@@H]1CC[C@@]2(C)CCCC(O)(O)C2C1. The summed E-state index contributed by atoms with van der Waals surface area (Å²) < 4.78 is 0. The lowest BCUT2D eigenvalue weighted by Gasteiger charge is -2.53. The number of carboxylic acid groups (broad SMARTS) is 1. The first-order valence-electron chi connectivity index (χ1n) is 6.63. The van der Waals surface area contributed by atoms with E-state index in [4.69, 9.17) is 5.11 Å². The summed E-state index contributed by atoms with van der Waals surface area (Å²) in [6, 6.07) is 0. The summed E-state index contributed by atoms with van der Waals surface area (Å²) in [5, 5.41) is 29.3. The molecule has 2 fully saturated rings. The zero-order chi connectivity index (χ0) is 13.6. The highest BCUT2D eigenvalue weighted by Gasteiger charge is 2.52. The molecule has 0 aliphatic heterocycles. The second-order valence-corrected chi connectivity index (χ2v) is 6.24. The van der Waals surface area contributed by atoms with Gasteiger partial charge in [0, 0.05) is 17.9 Å². The zero-order valence-corrected chi connectivity index (χ0v) is 10.9. The fraction of sp³-hybridized carbons (Fsp3) is 0.786. The molecule has 4 heteroatoms. The van der Waals surface area contributed by atoms with Crippen molar-refractivity contribution >= 4 is 5.97 Å². The van der Waals surface area contributed by atoms with Crippen molar-refractivity contribution in [2.24, 2.45) is 17.3 Å². The Bertz CT molecular complexity index is 374. The van der Waals surface area contributed by atoms with E-state index in [0.29, 0.717) is 12.8 Å². The van der Waals surface area contributed by atoms with Crippen LogP contribution in [-0.2, 0) is 4.79 Å². The number of aliphatic carboxylic acids is 1. The third kappa shape index (κ3) is 2.19. The Hall–Kier alpha value is -0.870. The van der Waals surface area contributed by atoms with Gasteiger partial charge < -0.3 is 15.3 Å². The Balaban J connectivity index is 2.19. The molecule has 3 atom stereocenters. The van der Waals surface area contributed by atoms with Gasteiger partial charge in [-0.3, -0.25) is 0 Å². The lowest BCUT2D eigenvalue weighted by atomic mass is 9.55. The van der Waals surface area contributed by atoms with E-state index in [1.165, 1.54) is 0 Å². The van der Waals surface area contributed by atoms with Crippen molar-refractivity contribution < 1.29 is 20.1 Å². The van der Waals surface area contributed by atoms with Crippen molar-refractivity contribution in [2.75, 3.05) is 0 Å². The molecule has 2 rings (SSSR count). The minimum atomic E-state index is -1.65. The molecule has 0 saturated heterocycles. The van der Waals surface area contributed by atoms with Gasteiger partial charge in [0.1, 0.15) is 0 Å². The van der Waals surface area contributed by atoms with Gasteiger partial charge in [0.05, 0.1) is 0 Å². The molecule has 2 aliphatic carbocycles. The molecule has 18 heavy (non-hydrogen) atoms. The second-order valence-electron chi connectivity index (χ2n) is 6.24. The third-order valence-electron chi connectivity index (χ3n) is 5.04. The largest absolute Gasteiger partial charge is 0.478 e. The van der Waals surface area contributed by atoms with Crippen LogP contribution in [0.1, 0.15) is 45.4 Å². The Morgan fingerprint density at radius 3 is 2.56 bits per heavy atom. The molecule has 102 valence electrons. The first kappa shape index (κ1) is 13.6. The Labute approximate surface area is 107 Å². The smallest absolute Gasteiger partial charge is 0.331 e. The molecule has 0 amide bonds. The van der Waals surface area contributed by atoms with Gasteiger partial charge in [-0.15, -0.1) is 0 Å². The van der Waals surface area contributed by atoms with Crippen LogP contribution >= 0.6 is 0 Å². The lowest BCUT2D eigenvalue weighted by molar-refractivity contribution is -0.258. The average molecular weight is 254 g/mol. The van der Waals surface area contributed by atoms with Crippen LogP contribution in [-0.4, -0.2) is 27.1 Å². The van der Waals surface area contributed by atoms with Crippen LogP contribution in [0.15, 0.2) is 12.2 Å². The molecule has 4 nitrogen and oxygen atoms in total. The summed E-state index contributed by atoms with van der Waals surface area (Å²) in [5.41, 5.74) is 0.134. The van der Waals surface area contributed by atoms with E-state index in [2.05, 4.69) is 13.5 Å².